The van der Waals surface area contributed by atoms with Crippen LogP contribution in [0.5, 0.6) is 0 Å². The van der Waals surface area contributed by atoms with E-state index in [4.69, 9.17) is 12.2 Å². The third kappa shape index (κ3) is 3.31. The standard InChI is InChI=1S/C15H17F3N2S/c16-15(17,18)11-2-1-3-12(8-11)19-14(21)20-13-7-9-4-5-10(13)6-9/h1-3,8-10,13H,4-7H2,(H2,19,20,21)/t9-,10-,13-/m0/s1. The molecule has 0 heterocycles. The summed E-state index contributed by atoms with van der Waals surface area (Å²) >= 11 is 5.22. The molecular weight excluding hydrogens is 297 g/mol. The second-order valence-electron chi connectivity index (χ2n) is 5.96. The van der Waals surface area contributed by atoms with Crippen molar-refractivity contribution in [3.8, 4) is 0 Å². The molecule has 0 spiro atoms. The minimum atomic E-state index is -4.34. The lowest BCUT2D eigenvalue weighted by atomic mass is 9.96. The molecule has 2 bridgehead atoms. The van der Waals surface area contributed by atoms with Crippen LogP contribution in [0, 0.1) is 11.8 Å². The van der Waals surface area contributed by atoms with Gasteiger partial charge in [-0.05, 0) is 61.5 Å². The number of fused-ring (bicyclic) bond motifs is 2. The molecule has 0 aromatic heterocycles. The fourth-order valence-electron chi connectivity index (χ4n) is 3.53. The summed E-state index contributed by atoms with van der Waals surface area (Å²) in [7, 11) is 0. The van der Waals surface area contributed by atoms with Crippen LogP contribution in [0.3, 0.4) is 0 Å². The molecule has 2 fully saturated rings. The SMILES string of the molecule is FC(F)(F)c1cccc(NC(=S)N[C@H]2C[C@H]3CC[C@H]2C3)c1. The summed E-state index contributed by atoms with van der Waals surface area (Å²) in [5.74, 6) is 1.46. The lowest BCUT2D eigenvalue weighted by Gasteiger charge is -2.24. The van der Waals surface area contributed by atoms with E-state index in [1.54, 1.807) is 6.07 Å². The monoisotopic (exact) mass is 314 g/mol. The Morgan fingerprint density at radius 1 is 1.19 bits per heavy atom. The molecule has 3 atom stereocenters. The lowest BCUT2D eigenvalue weighted by molar-refractivity contribution is -0.137. The van der Waals surface area contributed by atoms with Crippen LogP contribution in [0.15, 0.2) is 24.3 Å². The number of thiocarbonyl (C=S) groups is 1. The molecule has 2 N–H and O–H groups in total. The number of hydrogen-bond acceptors (Lipinski definition) is 1. The zero-order chi connectivity index (χ0) is 15.0. The molecule has 0 saturated heterocycles. The van der Waals surface area contributed by atoms with Crippen molar-refractivity contribution in [2.24, 2.45) is 11.8 Å². The van der Waals surface area contributed by atoms with Gasteiger partial charge in [-0.1, -0.05) is 12.5 Å². The van der Waals surface area contributed by atoms with Crippen molar-refractivity contribution in [3.05, 3.63) is 29.8 Å². The van der Waals surface area contributed by atoms with E-state index in [-0.39, 0.29) is 0 Å². The minimum Gasteiger partial charge on any atom is -0.359 e. The van der Waals surface area contributed by atoms with Gasteiger partial charge >= 0.3 is 6.18 Å². The molecule has 114 valence electrons. The van der Waals surface area contributed by atoms with Gasteiger partial charge in [0.05, 0.1) is 5.56 Å². The number of alkyl halides is 3. The summed E-state index contributed by atoms with van der Waals surface area (Å²) < 4.78 is 38.0. The van der Waals surface area contributed by atoms with Crippen LogP contribution >= 0.6 is 12.2 Å². The molecule has 0 amide bonds. The third-order valence-electron chi connectivity index (χ3n) is 4.50. The summed E-state index contributed by atoms with van der Waals surface area (Å²) in [5, 5.41) is 6.53. The van der Waals surface area contributed by atoms with Crippen molar-refractivity contribution in [2.45, 2.75) is 37.9 Å². The molecule has 2 aliphatic rings. The van der Waals surface area contributed by atoms with E-state index < -0.39 is 11.7 Å². The first-order valence-corrected chi connectivity index (χ1v) is 7.57. The number of benzene rings is 1. The first-order valence-electron chi connectivity index (χ1n) is 7.16. The summed E-state index contributed by atoms with van der Waals surface area (Å²) in [5.41, 5.74) is -0.305. The van der Waals surface area contributed by atoms with Crippen LogP contribution < -0.4 is 10.6 Å². The maximum absolute atomic E-state index is 12.7. The van der Waals surface area contributed by atoms with Crippen molar-refractivity contribution in [1.29, 1.82) is 0 Å². The predicted octanol–water partition coefficient (Wildman–Crippen LogP) is 4.18. The first-order chi connectivity index (χ1) is 9.91. The maximum atomic E-state index is 12.7. The van der Waals surface area contributed by atoms with Crippen LogP contribution in [-0.4, -0.2) is 11.2 Å². The second kappa shape index (κ2) is 5.48. The highest BCUT2D eigenvalue weighted by Gasteiger charge is 2.39. The Hall–Kier alpha value is -1.30. The Bertz CT molecular complexity index is 544. The van der Waals surface area contributed by atoms with Crippen molar-refractivity contribution in [3.63, 3.8) is 0 Å². The fraction of sp³-hybridized carbons (Fsp3) is 0.533. The van der Waals surface area contributed by atoms with Gasteiger partial charge in [-0.25, -0.2) is 0 Å². The average molecular weight is 314 g/mol. The first kappa shape index (κ1) is 14.6. The Morgan fingerprint density at radius 3 is 2.62 bits per heavy atom. The normalized spacial score (nSPS) is 27.7. The fourth-order valence-corrected chi connectivity index (χ4v) is 3.80. The van der Waals surface area contributed by atoms with Gasteiger partial charge in [0, 0.05) is 11.7 Å². The van der Waals surface area contributed by atoms with E-state index >= 15 is 0 Å². The van der Waals surface area contributed by atoms with E-state index in [1.165, 1.54) is 25.3 Å². The summed E-state index contributed by atoms with van der Waals surface area (Å²) in [6.07, 6.45) is 0.571. The van der Waals surface area contributed by atoms with Crippen LogP contribution in [-0.2, 0) is 6.18 Å². The lowest BCUT2D eigenvalue weighted by Crippen LogP contribution is -2.40. The molecule has 2 nitrogen and oxygen atoms in total. The number of rotatable bonds is 2. The molecule has 0 aliphatic heterocycles. The van der Waals surface area contributed by atoms with Crippen molar-refractivity contribution < 1.29 is 13.2 Å². The quantitative estimate of drug-likeness (QED) is 0.801. The average Bonchev–Trinajstić information content (AvgIpc) is 3.00. The van der Waals surface area contributed by atoms with Crippen molar-refractivity contribution in [2.75, 3.05) is 5.32 Å². The molecule has 2 aliphatic carbocycles. The Morgan fingerprint density at radius 2 is 2.00 bits per heavy atom. The topological polar surface area (TPSA) is 24.1 Å². The zero-order valence-electron chi connectivity index (χ0n) is 11.4. The summed E-state index contributed by atoms with van der Waals surface area (Å²) in [6, 6.07) is 5.47. The molecule has 21 heavy (non-hydrogen) atoms. The van der Waals surface area contributed by atoms with Crippen molar-refractivity contribution in [1.82, 2.24) is 5.32 Å². The van der Waals surface area contributed by atoms with Crippen LogP contribution in [0.25, 0.3) is 0 Å². The van der Waals surface area contributed by atoms with Gasteiger partial charge in [-0.3, -0.25) is 0 Å². The highest BCUT2D eigenvalue weighted by molar-refractivity contribution is 7.80. The van der Waals surface area contributed by atoms with E-state index in [0.29, 0.717) is 22.8 Å². The molecular formula is C15H17F3N2S. The van der Waals surface area contributed by atoms with Crippen molar-refractivity contribution >= 4 is 23.0 Å². The summed E-state index contributed by atoms with van der Waals surface area (Å²) in [6.45, 7) is 0. The molecule has 1 aromatic carbocycles. The van der Waals surface area contributed by atoms with Crippen LogP contribution in [0.1, 0.15) is 31.2 Å². The van der Waals surface area contributed by atoms with Gasteiger partial charge in [0.2, 0.25) is 0 Å². The predicted molar refractivity (Wildman–Crippen MR) is 80.0 cm³/mol. The molecule has 3 rings (SSSR count). The Balaban J connectivity index is 1.60. The van der Waals surface area contributed by atoms with Crippen LogP contribution in [0.2, 0.25) is 0 Å². The van der Waals surface area contributed by atoms with E-state index in [1.807, 2.05) is 0 Å². The number of halogens is 3. The van der Waals surface area contributed by atoms with E-state index in [2.05, 4.69) is 10.6 Å². The number of anilines is 1. The highest BCUT2D eigenvalue weighted by Crippen LogP contribution is 2.44. The molecule has 6 heteroatoms. The molecule has 0 radical (unpaired) electrons. The van der Waals surface area contributed by atoms with E-state index in [9.17, 15) is 13.2 Å². The Labute approximate surface area is 127 Å². The smallest absolute Gasteiger partial charge is 0.359 e. The molecule has 2 saturated carbocycles. The largest absolute Gasteiger partial charge is 0.416 e. The summed E-state index contributed by atoms with van der Waals surface area (Å²) in [4.78, 5) is 0. The highest BCUT2D eigenvalue weighted by atomic mass is 32.1. The third-order valence-corrected chi connectivity index (χ3v) is 4.72. The second-order valence-corrected chi connectivity index (χ2v) is 6.37. The van der Waals surface area contributed by atoms with Gasteiger partial charge < -0.3 is 10.6 Å². The number of nitrogens with one attached hydrogen (secondary N) is 2. The van der Waals surface area contributed by atoms with Gasteiger partial charge in [0.1, 0.15) is 0 Å². The zero-order valence-corrected chi connectivity index (χ0v) is 12.2. The Kier molecular flexibility index (Phi) is 3.82. The van der Waals surface area contributed by atoms with Gasteiger partial charge in [0.25, 0.3) is 0 Å². The molecule has 1 aromatic rings. The number of hydrogen-bond donors (Lipinski definition) is 2. The minimum absolute atomic E-state index is 0.366. The van der Waals surface area contributed by atoms with Crippen LogP contribution in [0.4, 0.5) is 18.9 Å². The van der Waals surface area contributed by atoms with E-state index in [0.717, 1.165) is 24.5 Å². The van der Waals surface area contributed by atoms with Gasteiger partial charge in [0.15, 0.2) is 5.11 Å². The molecule has 0 unspecified atom stereocenters. The van der Waals surface area contributed by atoms with Gasteiger partial charge in [-0.2, -0.15) is 13.2 Å². The van der Waals surface area contributed by atoms with Gasteiger partial charge in [-0.15, -0.1) is 0 Å². The maximum Gasteiger partial charge on any atom is 0.416 e.